The molecule has 3 aromatic rings. The zero-order valence-electron chi connectivity index (χ0n) is 16.6. The van der Waals surface area contributed by atoms with E-state index in [0.717, 1.165) is 0 Å². The SMILES string of the molecule is O=C(N[C@H]1CC[C@@H](C(=O)Nc2ccn(-c3ccccc3F)n2)CC1)c1ccc(Cl)cn1. The van der Waals surface area contributed by atoms with Crippen LogP contribution in [0.2, 0.25) is 5.02 Å². The van der Waals surface area contributed by atoms with Crippen molar-refractivity contribution in [3.8, 4) is 5.69 Å². The van der Waals surface area contributed by atoms with Gasteiger partial charge in [0.2, 0.25) is 5.91 Å². The Bertz CT molecular complexity index is 1080. The molecule has 0 saturated heterocycles. The smallest absolute Gasteiger partial charge is 0.270 e. The van der Waals surface area contributed by atoms with Crippen LogP contribution < -0.4 is 10.6 Å². The van der Waals surface area contributed by atoms with Crippen LogP contribution in [0.15, 0.2) is 54.9 Å². The van der Waals surface area contributed by atoms with Crippen LogP contribution in [0.25, 0.3) is 5.69 Å². The highest BCUT2D eigenvalue weighted by Crippen LogP contribution is 2.26. The highest BCUT2D eigenvalue weighted by Gasteiger charge is 2.28. The number of hydrogen-bond acceptors (Lipinski definition) is 4. The van der Waals surface area contributed by atoms with Gasteiger partial charge < -0.3 is 10.6 Å². The fraction of sp³-hybridized carbons (Fsp3) is 0.273. The number of aromatic nitrogens is 3. The Morgan fingerprint density at radius 2 is 1.84 bits per heavy atom. The standard InChI is InChI=1S/C22H21ClFN5O2/c23-15-7-10-18(25-13-15)22(31)26-16-8-5-14(6-9-16)21(30)27-20-11-12-29(28-20)19-4-2-1-3-17(19)24/h1-4,7,10-14,16H,5-6,8-9H2,(H,26,31)(H,27,28,30)/t14-,16+. The van der Waals surface area contributed by atoms with Crippen LogP contribution in [0.1, 0.15) is 36.2 Å². The Labute approximate surface area is 183 Å². The second-order valence-electron chi connectivity index (χ2n) is 7.47. The topological polar surface area (TPSA) is 88.9 Å². The number of anilines is 1. The van der Waals surface area contributed by atoms with Crippen LogP contribution in [0.4, 0.5) is 10.2 Å². The van der Waals surface area contributed by atoms with Gasteiger partial charge in [0.15, 0.2) is 5.82 Å². The van der Waals surface area contributed by atoms with Crippen LogP contribution in [-0.2, 0) is 4.79 Å². The molecule has 160 valence electrons. The van der Waals surface area contributed by atoms with Crippen LogP contribution >= 0.6 is 11.6 Å². The van der Waals surface area contributed by atoms with E-state index in [1.165, 1.54) is 16.9 Å². The fourth-order valence-corrected chi connectivity index (χ4v) is 3.77. The monoisotopic (exact) mass is 441 g/mol. The van der Waals surface area contributed by atoms with Crippen molar-refractivity contribution in [3.05, 3.63) is 71.4 Å². The molecule has 7 nitrogen and oxygen atoms in total. The van der Waals surface area contributed by atoms with Crippen molar-refractivity contribution in [1.82, 2.24) is 20.1 Å². The van der Waals surface area contributed by atoms with Crippen molar-refractivity contribution >= 4 is 29.2 Å². The zero-order chi connectivity index (χ0) is 21.8. The lowest BCUT2D eigenvalue weighted by Crippen LogP contribution is -2.39. The third kappa shape index (κ3) is 5.08. The number of carbonyl (C=O) groups is 2. The van der Waals surface area contributed by atoms with Crippen molar-refractivity contribution in [2.75, 3.05) is 5.32 Å². The molecule has 31 heavy (non-hydrogen) atoms. The van der Waals surface area contributed by atoms with E-state index >= 15 is 0 Å². The van der Waals surface area contributed by atoms with Crippen LogP contribution in [-0.4, -0.2) is 32.6 Å². The molecule has 2 aromatic heterocycles. The predicted molar refractivity (Wildman–Crippen MR) is 115 cm³/mol. The number of hydrogen-bond donors (Lipinski definition) is 2. The highest BCUT2D eigenvalue weighted by molar-refractivity contribution is 6.30. The van der Waals surface area contributed by atoms with E-state index in [1.807, 2.05) is 0 Å². The average molecular weight is 442 g/mol. The number of nitrogens with zero attached hydrogens (tertiary/aromatic N) is 3. The number of rotatable bonds is 5. The highest BCUT2D eigenvalue weighted by atomic mass is 35.5. The van der Waals surface area contributed by atoms with Gasteiger partial charge in [0, 0.05) is 30.4 Å². The van der Waals surface area contributed by atoms with Gasteiger partial charge >= 0.3 is 0 Å². The quantitative estimate of drug-likeness (QED) is 0.626. The van der Waals surface area contributed by atoms with Gasteiger partial charge in [-0.25, -0.2) is 14.1 Å². The summed E-state index contributed by atoms with van der Waals surface area (Å²) in [6, 6.07) is 11.1. The second kappa shape index (κ2) is 9.26. The summed E-state index contributed by atoms with van der Waals surface area (Å²) in [5.41, 5.74) is 0.629. The number of amides is 2. The minimum absolute atomic E-state index is 0.00528. The van der Waals surface area contributed by atoms with Crippen molar-refractivity contribution in [2.45, 2.75) is 31.7 Å². The van der Waals surface area contributed by atoms with E-state index in [0.29, 0.717) is 47.9 Å². The molecule has 1 saturated carbocycles. The summed E-state index contributed by atoms with van der Waals surface area (Å²) >= 11 is 5.80. The maximum Gasteiger partial charge on any atom is 0.270 e. The largest absolute Gasteiger partial charge is 0.348 e. The lowest BCUT2D eigenvalue weighted by molar-refractivity contribution is -0.120. The summed E-state index contributed by atoms with van der Waals surface area (Å²) in [6.07, 6.45) is 5.73. The van der Waals surface area contributed by atoms with Gasteiger partial charge in [0.25, 0.3) is 5.91 Å². The van der Waals surface area contributed by atoms with Gasteiger partial charge in [-0.2, -0.15) is 0 Å². The average Bonchev–Trinajstić information content (AvgIpc) is 3.23. The van der Waals surface area contributed by atoms with E-state index in [4.69, 9.17) is 11.6 Å². The van der Waals surface area contributed by atoms with Gasteiger partial charge in [-0.05, 0) is 49.9 Å². The Hall–Kier alpha value is -3.26. The molecular formula is C22H21ClFN5O2. The molecule has 1 fully saturated rings. The molecule has 0 radical (unpaired) electrons. The van der Waals surface area contributed by atoms with E-state index < -0.39 is 5.82 Å². The summed E-state index contributed by atoms with van der Waals surface area (Å²) in [7, 11) is 0. The molecule has 9 heteroatoms. The summed E-state index contributed by atoms with van der Waals surface area (Å²) < 4.78 is 15.3. The number of pyridine rings is 1. The van der Waals surface area contributed by atoms with E-state index in [1.54, 1.807) is 42.6 Å². The third-order valence-electron chi connectivity index (χ3n) is 5.33. The normalized spacial score (nSPS) is 18.4. The first-order valence-corrected chi connectivity index (χ1v) is 10.4. The molecule has 0 bridgehead atoms. The molecule has 0 spiro atoms. The van der Waals surface area contributed by atoms with Gasteiger partial charge in [0.1, 0.15) is 17.2 Å². The summed E-state index contributed by atoms with van der Waals surface area (Å²) in [4.78, 5) is 28.9. The van der Waals surface area contributed by atoms with Crippen molar-refractivity contribution in [3.63, 3.8) is 0 Å². The van der Waals surface area contributed by atoms with Crippen molar-refractivity contribution in [1.29, 1.82) is 0 Å². The maximum absolute atomic E-state index is 13.9. The number of para-hydroxylation sites is 1. The van der Waals surface area contributed by atoms with Crippen molar-refractivity contribution < 1.29 is 14.0 Å². The number of benzene rings is 1. The van der Waals surface area contributed by atoms with E-state index in [2.05, 4.69) is 20.7 Å². The van der Waals surface area contributed by atoms with Gasteiger partial charge in [-0.15, -0.1) is 5.10 Å². The van der Waals surface area contributed by atoms with Crippen LogP contribution in [0.5, 0.6) is 0 Å². The van der Waals surface area contributed by atoms with Gasteiger partial charge in [0.05, 0.1) is 5.02 Å². The number of carbonyl (C=O) groups excluding carboxylic acids is 2. The zero-order valence-corrected chi connectivity index (χ0v) is 17.3. The number of nitrogens with one attached hydrogen (secondary N) is 2. The predicted octanol–water partition coefficient (Wildman–Crippen LogP) is 3.99. The molecule has 2 heterocycles. The molecule has 0 aliphatic heterocycles. The van der Waals surface area contributed by atoms with Gasteiger partial charge in [-0.3, -0.25) is 9.59 Å². The van der Waals surface area contributed by atoms with Crippen LogP contribution in [0.3, 0.4) is 0 Å². The lowest BCUT2D eigenvalue weighted by atomic mass is 9.85. The molecular weight excluding hydrogens is 421 g/mol. The molecule has 2 amide bonds. The molecule has 4 rings (SSSR count). The Morgan fingerprint density at radius 3 is 2.55 bits per heavy atom. The lowest BCUT2D eigenvalue weighted by Gasteiger charge is -2.28. The third-order valence-corrected chi connectivity index (χ3v) is 5.56. The summed E-state index contributed by atoms with van der Waals surface area (Å²) in [5, 5.41) is 10.5. The molecule has 1 aromatic carbocycles. The maximum atomic E-state index is 13.9. The number of halogens is 2. The van der Waals surface area contributed by atoms with E-state index in [-0.39, 0.29) is 23.8 Å². The summed E-state index contributed by atoms with van der Waals surface area (Å²) in [5.74, 6) is -0.554. The van der Waals surface area contributed by atoms with Crippen molar-refractivity contribution in [2.24, 2.45) is 5.92 Å². The fourth-order valence-electron chi connectivity index (χ4n) is 3.66. The summed E-state index contributed by atoms with van der Waals surface area (Å²) in [6.45, 7) is 0. The second-order valence-corrected chi connectivity index (χ2v) is 7.91. The first-order valence-electron chi connectivity index (χ1n) is 10.0. The molecule has 2 N–H and O–H groups in total. The minimum Gasteiger partial charge on any atom is -0.348 e. The van der Waals surface area contributed by atoms with Gasteiger partial charge in [-0.1, -0.05) is 23.7 Å². The molecule has 1 aliphatic rings. The molecule has 0 unspecified atom stereocenters. The van der Waals surface area contributed by atoms with E-state index in [9.17, 15) is 14.0 Å². The van der Waals surface area contributed by atoms with Crippen LogP contribution in [0, 0.1) is 11.7 Å². The first kappa shape index (κ1) is 21.0. The Balaban J connectivity index is 1.28. The molecule has 1 aliphatic carbocycles. The first-order chi connectivity index (χ1) is 15.0. The molecule has 0 atom stereocenters. The Kier molecular flexibility index (Phi) is 6.27. The minimum atomic E-state index is -0.391. The Morgan fingerprint density at radius 1 is 1.06 bits per heavy atom.